The Bertz CT molecular complexity index is 1660. The second-order valence-electron chi connectivity index (χ2n) is 9.47. The van der Waals surface area contributed by atoms with Crippen LogP contribution in [0.3, 0.4) is 0 Å². The first-order valence-electron chi connectivity index (χ1n) is 12.2. The van der Waals surface area contributed by atoms with Gasteiger partial charge < -0.3 is 15.2 Å². The van der Waals surface area contributed by atoms with Gasteiger partial charge in [0.05, 0.1) is 5.76 Å². The van der Waals surface area contributed by atoms with Crippen molar-refractivity contribution in [2.75, 3.05) is 0 Å². The summed E-state index contributed by atoms with van der Waals surface area (Å²) in [6, 6.07) is 18.2. The molecule has 0 atom stereocenters. The minimum atomic E-state index is -0.125. The average Bonchev–Trinajstić information content (AvgIpc) is 3.16. The summed E-state index contributed by atoms with van der Waals surface area (Å²) < 4.78 is 2.72. The van der Waals surface area contributed by atoms with E-state index in [1.165, 1.54) is 82.3 Å². The summed E-state index contributed by atoms with van der Waals surface area (Å²) in [5.74, 6) is 0.176. The third-order valence-corrected chi connectivity index (χ3v) is 7.71. The number of aromatic nitrogens is 1. The predicted molar refractivity (Wildman–Crippen MR) is 149 cm³/mol. The van der Waals surface area contributed by atoms with Gasteiger partial charge in [-0.05, 0) is 91.4 Å². The number of aromatic hydroxyl groups is 1. The maximum absolute atomic E-state index is 10.0. The summed E-state index contributed by atoms with van der Waals surface area (Å²) in [4.78, 5) is 14.7. The van der Waals surface area contributed by atoms with Crippen molar-refractivity contribution in [2.45, 2.75) is 46.5 Å². The summed E-state index contributed by atoms with van der Waals surface area (Å²) in [5, 5.41) is 23.2. The van der Waals surface area contributed by atoms with Gasteiger partial charge in [0.25, 0.3) is 0 Å². The Morgan fingerprint density at radius 1 is 1.00 bits per heavy atom. The minimum Gasteiger partial charge on any atom is -0.551 e. The molecule has 191 valence electrons. The van der Waals surface area contributed by atoms with Gasteiger partial charge >= 0.3 is 0 Å². The van der Waals surface area contributed by atoms with E-state index in [0.29, 0.717) is 0 Å². The Kier molecular flexibility index (Phi) is 8.13. The zero-order valence-electron chi connectivity index (χ0n) is 21.0. The maximum atomic E-state index is 10.0. The van der Waals surface area contributed by atoms with Crippen molar-refractivity contribution in [3.05, 3.63) is 83.3 Å². The zero-order chi connectivity index (χ0) is 25.4. The van der Waals surface area contributed by atoms with E-state index in [1.807, 2.05) is 24.5 Å². The van der Waals surface area contributed by atoms with E-state index < -0.39 is 0 Å². The monoisotopic (exact) mass is 687 g/mol. The summed E-state index contributed by atoms with van der Waals surface area (Å²) in [6.07, 6.45) is 8.06. The molecular weight excluding hydrogens is 659 g/mol. The van der Waals surface area contributed by atoms with Crippen molar-refractivity contribution in [3.63, 3.8) is 0 Å². The van der Waals surface area contributed by atoms with Crippen LogP contribution in [0, 0.1) is 13.0 Å². The van der Waals surface area contributed by atoms with Crippen LogP contribution in [0.1, 0.15) is 43.4 Å². The smallest absolute Gasteiger partial charge is 0.155 e. The van der Waals surface area contributed by atoms with Crippen LogP contribution in [-0.2, 0) is 37.7 Å². The molecule has 0 saturated heterocycles. The summed E-state index contributed by atoms with van der Waals surface area (Å²) in [5.41, 5.74) is 5.92. The molecule has 0 amide bonds. The number of thiophene rings is 1. The van der Waals surface area contributed by atoms with Gasteiger partial charge in [-0.2, -0.15) is 0 Å². The summed E-state index contributed by atoms with van der Waals surface area (Å²) in [6.45, 7) is 4.85. The number of pyridine rings is 1. The number of hydrogen-bond donors (Lipinski definition) is 2. The normalized spacial score (nSPS) is 13.1. The molecule has 0 aliphatic heterocycles. The van der Waals surface area contributed by atoms with Crippen LogP contribution in [0.4, 0.5) is 0 Å². The van der Waals surface area contributed by atoms with E-state index in [0.717, 1.165) is 22.2 Å². The number of aliphatic hydroxyl groups is 1. The molecule has 0 unspecified atom stereocenters. The van der Waals surface area contributed by atoms with Crippen molar-refractivity contribution >= 4 is 48.1 Å². The minimum absolute atomic E-state index is 0. The molecule has 2 N–H and O–H groups in total. The van der Waals surface area contributed by atoms with Gasteiger partial charge in [0.15, 0.2) is 5.78 Å². The van der Waals surface area contributed by atoms with Crippen molar-refractivity contribution in [1.82, 2.24) is 4.98 Å². The van der Waals surface area contributed by atoms with E-state index in [-0.39, 0.29) is 37.4 Å². The molecule has 0 saturated carbocycles. The number of ketones is 1. The first-order chi connectivity index (χ1) is 17.3. The number of aliphatic hydroxyl groups excluding tert-OH is 1. The van der Waals surface area contributed by atoms with Gasteiger partial charge in [-0.3, -0.25) is 4.79 Å². The van der Waals surface area contributed by atoms with Crippen LogP contribution in [-0.4, -0.2) is 21.0 Å². The number of carbonyl (C=O) groups excluding carboxylic acids is 1. The first-order valence-corrected chi connectivity index (χ1v) is 13.0. The molecule has 37 heavy (non-hydrogen) atoms. The van der Waals surface area contributed by atoms with Crippen LogP contribution in [0.2, 0.25) is 0 Å². The molecule has 1 radical (unpaired) electrons. The Hall–Kier alpha value is -3.05. The van der Waals surface area contributed by atoms with Gasteiger partial charge in [-0.25, -0.2) is 0 Å². The number of aryl methyl sites for hydroxylation is 3. The summed E-state index contributed by atoms with van der Waals surface area (Å²) >= 11 is 1.89. The van der Waals surface area contributed by atoms with Gasteiger partial charge in [0.1, 0.15) is 0 Å². The fraction of sp³-hybridized carbons (Fsp3) is 0.226. The van der Waals surface area contributed by atoms with E-state index >= 15 is 0 Å². The number of phenolic OH excluding ortho intramolecular Hbond substituents is 1. The topological polar surface area (TPSA) is 70.4 Å². The van der Waals surface area contributed by atoms with E-state index in [4.69, 9.17) is 10.1 Å². The largest absolute Gasteiger partial charge is 0.551 e. The molecular formula is C31H28IrNO3S-. The fourth-order valence-electron chi connectivity index (χ4n) is 5.02. The molecule has 6 heteroatoms. The van der Waals surface area contributed by atoms with Gasteiger partial charge in [-0.1, -0.05) is 13.0 Å². The molecule has 0 bridgehead atoms. The standard InChI is InChI=1S/C26H20NOS.C5H8O2.Ir/c1-15-10-19(28)6-7-20(15)26-21-14-23-22-11-16-4-2-3-5-17(16)12-24(22)29-25(23)13-18(21)8-9-27-26;1-4(6)3-5(2)7;/h6,8-14,28H,2-5H2,1H3;3,6H,1-2H3;/q-1;;/b;4-3-;. The molecule has 4 nitrogen and oxygen atoms in total. The van der Waals surface area contributed by atoms with Crippen molar-refractivity contribution < 1.29 is 35.1 Å². The zero-order valence-corrected chi connectivity index (χ0v) is 24.2. The number of allylic oxidation sites excluding steroid dienone is 2. The van der Waals surface area contributed by atoms with Crippen LogP contribution in [0.25, 0.3) is 42.2 Å². The average molecular weight is 687 g/mol. The number of hydrogen-bond acceptors (Lipinski definition) is 5. The number of carbonyl (C=O) groups is 1. The second-order valence-corrected chi connectivity index (χ2v) is 10.6. The number of nitrogens with zero attached hydrogens (tertiary/aromatic N) is 1. The molecule has 2 aromatic heterocycles. The number of fused-ring (bicyclic) bond motifs is 5. The molecule has 3 aromatic carbocycles. The molecule has 1 aliphatic carbocycles. The molecule has 5 aromatic rings. The van der Waals surface area contributed by atoms with E-state index in [2.05, 4.69) is 36.4 Å². The Morgan fingerprint density at radius 3 is 2.32 bits per heavy atom. The molecule has 1 aliphatic rings. The van der Waals surface area contributed by atoms with E-state index in [9.17, 15) is 9.90 Å². The predicted octanol–water partition coefficient (Wildman–Crippen LogP) is 8.00. The third-order valence-electron chi connectivity index (χ3n) is 6.59. The van der Waals surface area contributed by atoms with Gasteiger partial charge in [0, 0.05) is 58.3 Å². The van der Waals surface area contributed by atoms with Crippen molar-refractivity contribution in [3.8, 4) is 17.0 Å². The Morgan fingerprint density at radius 2 is 1.68 bits per heavy atom. The number of benzene rings is 3. The van der Waals surface area contributed by atoms with Gasteiger partial charge in [0.2, 0.25) is 0 Å². The third kappa shape index (κ3) is 5.62. The molecule has 0 spiro atoms. The van der Waals surface area contributed by atoms with Crippen molar-refractivity contribution in [1.29, 1.82) is 0 Å². The Balaban J connectivity index is 0.000000356. The number of phenols is 1. The first kappa shape index (κ1) is 27.0. The van der Waals surface area contributed by atoms with Crippen LogP contribution < -0.4 is 0 Å². The van der Waals surface area contributed by atoms with Crippen LogP contribution >= 0.6 is 11.3 Å². The molecule has 2 heterocycles. The Labute approximate surface area is 234 Å². The van der Waals surface area contributed by atoms with E-state index in [1.54, 1.807) is 12.1 Å². The van der Waals surface area contributed by atoms with Gasteiger partial charge in [-0.15, -0.1) is 40.7 Å². The summed E-state index contributed by atoms with van der Waals surface area (Å²) in [7, 11) is 0. The maximum Gasteiger partial charge on any atom is 0.155 e. The SMILES string of the molecule is CC(=O)/C=C(/C)O.Cc1cc(O)c[c-]c1-c1nccc2cc3sc4cc5c(cc4c3cc12)CCCC5.[Ir]. The fourth-order valence-corrected chi connectivity index (χ4v) is 6.20. The second kappa shape index (κ2) is 11.1. The quantitative estimate of drug-likeness (QED) is 0.112. The molecule has 0 fully saturated rings. The van der Waals surface area contributed by atoms with Crippen LogP contribution in [0.15, 0.2) is 60.5 Å². The van der Waals surface area contributed by atoms with Crippen LogP contribution in [0.5, 0.6) is 5.75 Å². The molecule has 6 rings (SSSR count). The van der Waals surface area contributed by atoms with Crippen molar-refractivity contribution in [2.24, 2.45) is 0 Å². The number of rotatable bonds is 2.